The number of nitrogens with one attached hydrogen (secondary N) is 1. The molecule has 1 heterocycles. The fraction of sp³-hybridized carbons (Fsp3) is 0.417. The first-order chi connectivity index (χ1) is 7.38. The van der Waals surface area contributed by atoms with E-state index in [-0.39, 0.29) is 12.4 Å². The second-order valence-corrected chi connectivity index (χ2v) is 3.75. The molecule has 0 unspecified atom stereocenters. The quantitative estimate of drug-likeness (QED) is 0.824. The van der Waals surface area contributed by atoms with E-state index < -0.39 is 0 Å². The predicted molar refractivity (Wildman–Crippen MR) is 65.6 cm³/mol. The van der Waals surface area contributed by atoms with Crippen LogP contribution in [0.15, 0.2) is 24.3 Å². The number of piperidine rings is 1. The van der Waals surface area contributed by atoms with Crippen LogP contribution in [-0.2, 0) is 0 Å². The zero-order valence-corrected chi connectivity index (χ0v) is 9.83. The molecule has 0 aliphatic carbocycles. The van der Waals surface area contributed by atoms with Crippen molar-refractivity contribution in [3.8, 4) is 5.75 Å². The molecular formula is C12H16ClNO2. The standard InChI is InChI=1S/C12H15NO2.ClH/c14-9-10-1-3-11(4-2-10)15-12-5-7-13-8-6-12;/h1-4,9,12-13H,5-8H2;1H. The number of hydrogen-bond acceptors (Lipinski definition) is 3. The average molecular weight is 242 g/mol. The number of aldehydes is 1. The summed E-state index contributed by atoms with van der Waals surface area (Å²) in [6.07, 6.45) is 3.26. The highest BCUT2D eigenvalue weighted by Crippen LogP contribution is 2.16. The second kappa shape index (κ2) is 6.51. The first-order valence-corrected chi connectivity index (χ1v) is 5.31. The van der Waals surface area contributed by atoms with E-state index in [1.807, 2.05) is 12.1 Å². The fourth-order valence-electron chi connectivity index (χ4n) is 1.73. The molecule has 0 spiro atoms. The van der Waals surface area contributed by atoms with Crippen molar-refractivity contribution in [3.05, 3.63) is 29.8 Å². The molecule has 0 radical (unpaired) electrons. The van der Waals surface area contributed by atoms with Gasteiger partial charge in [0.1, 0.15) is 18.1 Å². The summed E-state index contributed by atoms with van der Waals surface area (Å²) < 4.78 is 5.80. The molecule has 4 heteroatoms. The minimum absolute atomic E-state index is 0. The zero-order valence-electron chi connectivity index (χ0n) is 9.02. The molecule has 1 fully saturated rings. The van der Waals surface area contributed by atoms with Crippen molar-refractivity contribution in [1.82, 2.24) is 5.32 Å². The van der Waals surface area contributed by atoms with Gasteiger partial charge in [-0.25, -0.2) is 0 Å². The molecule has 88 valence electrons. The van der Waals surface area contributed by atoms with Crippen molar-refractivity contribution in [3.63, 3.8) is 0 Å². The lowest BCUT2D eigenvalue weighted by Gasteiger charge is -2.23. The van der Waals surface area contributed by atoms with Crippen LogP contribution in [-0.4, -0.2) is 25.5 Å². The number of rotatable bonds is 3. The van der Waals surface area contributed by atoms with Crippen molar-refractivity contribution in [2.24, 2.45) is 0 Å². The molecule has 1 aliphatic heterocycles. The predicted octanol–water partition coefficient (Wildman–Crippen LogP) is 2.05. The highest BCUT2D eigenvalue weighted by atomic mass is 35.5. The minimum atomic E-state index is 0. The molecule has 0 saturated carbocycles. The summed E-state index contributed by atoms with van der Waals surface area (Å²) in [4.78, 5) is 10.5. The molecular weight excluding hydrogens is 226 g/mol. The van der Waals surface area contributed by atoms with Gasteiger partial charge in [-0.05, 0) is 50.2 Å². The van der Waals surface area contributed by atoms with Gasteiger partial charge in [-0.1, -0.05) is 0 Å². The highest BCUT2D eigenvalue weighted by Gasteiger charge is 2.13. The Morgan fingerprint density at radius 2 is 1.81 bits per heavy atom. The van der Waals surface area contributed by atoms with Crippen LogP contribution in [0.5, 0.6) is 5.75 Å². The Hall–Kier alpha value is -1.06. The van der Waals surface area contributed by atoms with E-state index >= 15 is 0 Å². The Balaban J connectivity index is 0.00000128. The highest BCUT2D eigenvalue weighted by molar-refractivity contribution is 5.85. The number of benzene rings is 1. The van der Waals surface area contributed by atoms with E-state index in [2.05, 4.69) is 5.32 Å². The summed E-state index contributed by atoms with van der Waals surface area (Å²) in [5.41, 5.74) is 0.688. The molecule has 3 nitrogen and oxygen atoms in total. The maximum atomic E-state index is 10.5. The maximum absolute atomic E-state index is 10.5. The third kappa shape index (κ3) is 3.51. The maximum Gasteiger partial charge on any atom is 0.150 e. The number of ether oxygens (including phenoxy) is 1. The van der Waals surface area contributed by atoms with Crippen molar-refractivity contribution < 1.29 is 9.53 Å². The van der Waals surface area contributed by atoms with Crippen molar-refractivity contribution >= 4 is 18.7 Å². The Bertz CT molecular complexity index is 320. The van der Waals surface area contributed by atoms with E-state index in [0.29, 0.717) is 11.7 Å². The molecule has 1 N–H and O–H groups in total. The first-order valence-electron chi connectivity index (χ1n) is 5.31. The van der Waals surface area contributed by atoms with Crippen LogP contribution in [0.1, 0.15) is 23.2 Å². The van der Waals surface area contributed by atoms with Crippen LogP contribution in [0.25, 0.3) is 0 Å². The van der Waals surface area contributed by atoms with Crippen LogP contribution >= 0.6 is 12.4 Å². The van der Waals surface area contributed by atoms with Crippen molar-refractivity contribution in [1.29, 1.82) is 0 Å². The molecule has 1 saturated heterocycles. The lowest BCUT2D eigenvalue weighted by atomic mass is 10.1. The Labute approximate surface area is 102 Å². The number of hydrogen-bond donors (Lipinski definition) is 1. The summed E-state index contributed by atoms with van der Waals surface area (Å²) in [6, 6.07) is 7.27. The van der Waals surface area contributed by atoms with E-state index in [4.69, 9.17) is 4.74 Å². The van der Waals surface area contributed by atoms with Crippen LogP contribution in [0.4, 0.5) is 0 Å². The summed E-state index contributed by atoms with van der Waals surface area (Å²) in [5.74, 6) is 0.854. The normalized spacial score (nSPS) is 16.2. The van der Waals surface area contributed by atoms with Gasteiger partial charge in [0.05, 0.1) is 0 Å². The largest absolute Gasteiger partial charge is 0.490 e. The monoisotopic (exact) mass is 241 g/mol. The number of halogens is 1. The van der Waals surface area contributed by atoms with Gasteiger partial charge in [-0.3, -0.25) is 4.79 Å². The second-order valence-electron chi connectivity index (χ2n) is 3.75. The Kier molecular flexibility index (Phi) is 5.29. The smallest absolute Gasteiger partial charge is 0.150 e. The molecule has 2 rings (SSSR count). The number of carbonyl (C=O) groups excluding carboxylic acids is 1. The van der Waals surface area contributed by atoms with Crippen LogP contribution in [0.3, 0.4) is 0 Å². The molecule has 0 atom stereocenters. The zero-order chi connectivity index (χ0) is 10.5. The van der Waals surface area contributed by atoms with Crippen LogP contribution in [0.2, 0.25) is 0 Å². The van der Waals surface area contributed by atoms with E-state index in [0.717, 1.165) is 38.0 Å². The van der Waals surface area contributed by atoms with Gasteiger partial charge >= 0.3 is 0 Å². The van der Waals surface area contributed by atoms with Gasteiger partial charge in [0, 0.05) is 5.56 Å². The molecule has 0 amide bonds. The molecule has 0 bridgehead atoms. The molecule has 1 aromatic carbocycles. The van der Waals surface area contributed by atoms with Gasteiger partial charge in [0.25, 0.3) is 0 Å². The van der Waals surface area contributed by atoms with E-state index in [1.165, 1.54) is 0 Å². The topological polar surface area (TPSA) is 38.3 Å². The van der Waals surface area contributed by atoms with Gasteiger partial charge in [0.2, 0.25) is 0 Å². The van der Waals surface area contributed by atoms with Gasteiger partial charge < -0.3 is 10.1 Å². The summed E-state index contributed by atoms with van der Waals surface area (Å²) in [7, 11) is 0. The Morgan fingerprint density at radius 3 is 2.38 bits per heavy atom. The number of carbonyl (C=O) groups is 1. The molecule has 0 aromatic heterocycles. The third-order valence-corrected chi connectivity index (χ3v) is 2.61. The van der Waals surface area contributed by atoms with Crippen molar-refractivity contribution in [2.45, 2.75) is 18.9 Å². The van der Waals surface area contributed by atoms with Gasteiger partial charge in [-0.2, -0.15) is 0 Å². The SMILES string of the molecule is Cl.O=Cc1ccc(OC2CCNCC2)cc1. The lowest BCUT2D eigenvalue weighted by molar-refractivity contribution is 0.112. The molecule has 1 aromatic rings. The lowest BCUT2D eigenvalue weighted by Crippen LogP contribution is -2.34. The first kappa shape index (κ1) is 13.0. The fourth-order valence-corrected chi connectivity index (χ4v) is 1.73. The van der Waals surface area contributed by atoms with Crippen LogP contribution in [0, 0.1) is 0 Å². The van der Waals surface area contributed by atoms with E-state index in [1.54, 1.807) is 12.1 Å². The van der Waals surface area contributed by atoms with Gasteiger partial charge in [-0.15, -0.1) is 12.4 Å². The summed E-state index contributed by atoms with van der Waals surface area (Å²) in [5, 5.41) is 3.29. The van der Waals surface area contributed by atoms with E-state index in [9.17, 15) is 4.79 Å². The van der Waals surface area contributed by atoms with Crippen molar-refractivity contribution in [2.75, 3.05) is 13.1 Å². The average Bonchev–Trinajstić information content (AvgIpc) is 2.31. The summed E-state index contributed by atoms with van der Waals surface area (Å²) in [6.45, 7) is 2.05. The van der Waals surface area contributed by atoms with Gasteiger partial charge in [0.15, 0.2) is 0 Å². The third-order valence-electron chi connectivity index (χ3n) is 2.61. The molecule has 16 heavy (non-hydrogen) atoms. The minimum Gasteiger partial charge on any atom is -0.490 e. The molecule has 1 aliphatic rings. The Morgan fingerprint density at radius 1 is 1.19 bits per heavy atom. The van der Waals surface area contributed by atoms with Crippen LogP contribution < -0.4 is 10.1 Å². The summed E-state index contributed by atoms with van der Waals surface area (Å²) >= 11 is 0.